The van der Waals surface area contributed by atoms with Gasteiger partial charge in [-0.05, 0) is 47.5 Å². The number of hydrogen-bond acceptors (Lipinski definition) is 5. The Hall–Kier alpha value is -3.52. The normalized spacial score (nSPS) is 10.7. The van der Waals surface area contributed by atoms with Crippen molar-refractivity contribution in [2.45, 2.75) is 6.61 Å². The fourth-order valence-corrected chi connectivity index (χ4v) is 2.92. The number of amides is 1. The first-order chi connectivity index (χ1) is 14.0. The number of benzene rings is 3. The van der Waals surface area contributed by atoms with E-state index in [0.29, 0.717) is 23.5 Å². The lowest BCUT2D eigenvalue weighted by molar-refractivity contribution is -0.384. The number of nitro benzene ring substituents is 1. The second-order valence-electron chi connectivity index (χ2n) is 5.96. The first-order valence-corrected chi connectivity index (χ1v) is 9.36. The summed E-state index contributed by atoms with van der Waals surface area (Å²) in [5.74, 6) is 0.0171. The molecule has 7 nitrogen and oxygen atoms in total. The van der Waals surface area contributed by atoms with E-state index in [0.717, 1.165) is 10.0 Å². The third-order valence-corrected chi connectivity index (χ3v) is 4.39. The Balaban J connectivity index is 1.64. The lowest BCUT2D eigenvalue weighted by atomic mass is 10.2. The molecule has 3 aromatic carbocycles. The number of ether oxygens (including phenoxy) is 1. The fourth-order valence-electron chi connectivity index (χ4n) is 2.48. The van der Waals surface area contributed by atoms with Crippen molar-refractivity contribution in [3.63, 3.8) is 0 Å². The molecule has 0 aliphatic carbocycles. The standard InChI is InChI=1S/C21H16BrN3O4/c22-17-5-3-4-16(12-17)14-29-20-7-2-1-6-19(20)21(26)24-23-13-15-8-10-18(11-9-15)25(27)28/h1-13H,14H2,(H,24,26). The van der Waals surface area contributed by atoms with Crippen LogP contribution in [-0.2, 0) is 6.61 Å². The van der Waals surface area contributed by atoms with E-state index in [-0.39, 0.29) is 5.69 Å². The second kappa shape index (κ2) is 9.61. The number of non-ortho nitro benzene ring substituents is 1. The molecule has 29 heavy (non-hydrogen) atoms. The Bertz CT molecular complexity index is 1050. The molecule has 0 fully saturated rings. The maximum Gasteiger partial charge on any atom is 0.275 e. The van der Waals surface area contributed by atoms with Crippen molar-refractivity contribution < 1.29 is 14.5 Å². The predicted molar refractivity (Wildman–Crippen MR) is 113 cm³/mol. The topological polar surface area (TPSA) is 93.8 Å². The highest BCUT2D eigenvalue weighted by molar-refractivity contribution is 9.10. The van der Waals surface area contributed by atoms with Crippen LogP contribution in [0.1, 0.15) is 21.5 Å². The van der Waals surface area contributed by atoms with Gasteiger partial charge in [0.1, 0.15) is 12.4 Å². The number of carbonyl (C=O) groups is 1. The number of nitrogens with zero attached hydrogens (tertiary/aromatic N) is 2. The van der Waals surface area contributed by atoms with Crippen LogP contribution >= 0.6 is 15.9 Å². The van der Waals surface area contributed by atoms with E-state index in [1.165, 1.54) is 18.3 Å². The van der Waals surface area contributed by atoms with Crippen molar-refractivity contribution in [2.75, 3.05) is 0 Å². The quantitative estimate of drug-likeness (QED) is 0.318. The van der Waals surface area contributed by atoms with Crippen LogP contribution < -0.4 is 10.2 Å². The molecule has 1 amide bonds. The van der Waals surface area contributed by atoms with Gasteiger partial charge in [-0.1, -0.05) is 40.2 Å². The van der Waals surface area contributed by atoms with Crippen molar-refractivity contribution in [1.29, 1.82) is 0 Å². The average Bonchev–Trinajstić information content (AvgIpc) is 2.73. The Labute approximate surface area is 175 Å². The van der Waals surface area contributed by atoms with E-state index in [4.69, 9.17) is 4.74 Å². The lowest BCUT2D eigenvalue weighted by Gasteiger charge is -2.10. The van der Waals surface area contributed by atoms with Crippen LogP contribution in [-0.4, -0.2) is 17.0 Å². The van der Waals surface area contributed by atoms with Crippen molar-refractivity contribution in [2.24, 2.45) is 5.10 Å². The number of nitrogens with one attached hydrogen (secondary N) is 1. The van der Waals surface area contributed by atoms with Crippen molar-refractivity contribution in [3.8, 4) is 5.75 Å². The molecular formula is C21H16BrN3O4. The average molecular weight is 454 g/mol. The van der Waals surface area contributed by atoms with Gasteiger partial charge < -0.3 is 4.74 Å². The number of para-hydroxylation sites is 1. The summed E-state index contributed by atoms with van der Waals surface area (Å²) >= 11 is 3.42. The van der Waals surface area contributed by atoms with Crippen LogP contribution in [0.15, 0.2) is 82.4 Å². The molecule has 146 valence electrons. The highest BCUT2D eigenvalue weighted by atomic mass is 79.9. The minimum atomic E-state index is -0.478. The molecule has 0 saturated carbocycles. The molecule has 1 N–H and O–H groups in total. The SMILES string of the molecule is O=C(NN=Cc1ccc([N+](=O)[O-])cc1)c1ccccc1OCc1cccc(Br)c1. The summed E-state index contributed by atoms with van der Waals surface area (Å²) in [5.41, 5.74) is 4.36. The summed E-state index contributed by atoms with van der Waals surface area (Å²) in [4.78, 5) is 22.7. The maximum absolute atomic E-state index is 12.5. The van der Waals surface area contributed by atoms with Gasteiger partial charge in [0.05, 0.1) is 16.7 Å². The molecule has 0 unspecified atom stereocenters. The smallest absolute Gasteiger partial charge is 0.275 e. The molecule has 0 spiro atoms. The molecule has 0 aliphatic heterocycles. The maximum atomic E-state index is 12.5. The second-order valence-corrected chi connectivity index (χ2v) is 6.88. The highest BCUT2D eigenvalue weighted by Crippen LogP contribution is 2.20. The molecule has 0 atom stereocenters. The highest BCUT2D eigenvalue weighted by Gasteiger charge is 2.11. The molecule has 0 bridgehead atoms. The van der Waals surface area contributed by atoms with Gasteiger partial charge in [0.15, 0.2) is 0 Å². The Morgan fingerprint density at radius 2 is 1.86 bits per heavy atom. The Kier molecular flexibility index (Phi) is 6.70. The van der Waals surface area contributed by atoms with Gasteiger partial charge in [-0.15, -0.1) is 0 Å². The van der Waals surface area contributed by atoms with Crippen LogP contribution in [0, 0.1) is 10.1 Å². The minimum Gasteiger partial charge on any atom is -0.488 e. The van der Waals surface area contributed by atoms with E-state index in [1.807, 2.05) is 24.3 Å². The van der Waals surface area contributed by atoms with Gasteiger partial charge in [-0.2, -0.15) is 5.10 Å². The Morgan fingerprint density at radius 1 is 1.10 bits per heavy atom. The van der Waals surface area contributed by atoms with Gasteiger partial charge in [-0.3, -0.25) is 14.9 Å². The fraction of sp³-hybridized carbons (Fsp3) is 0.0476. The zero-order valence-electron chi connectivity index (χ0n) is 15.1. The van der Waals surface area contributed by atoms with E-state index in [1.54, 1.807) is 36.4 Å². The third kappa shape index (κ3) is 5.73. The number of hydrazone groups is 1. The van der Waals surface area contributed by atoms with Crippen molar-refractivity contribution >= 4 is 33.7 Å². The van der Waals surface area contributed by atoms with Gasteiger partial charge in [0, 0.05) is 16.6 Å². The van der Waals surface area contributed by atoms with Gasteiger partial charge >= 0.3 is 0 Å². The van der Waals surface area contributed by atoms with Gasteiger partial charge in [-0.25, -0.2) is 5.43 Å². The summed E-state index contributed by atoms with van der Waals surface area (Å²) in [6.07, 6.45) is 1.41. The monoisotopic (exact) mass is 453 g/mol. The van der Waals surface area contributed by atoms with Crippen molar-refractivity contribution in [3.05, 3.63) is 104 Å². The number of hydrogen-bond donors (Lipinski definition) is 1. The van der Waals surface area contributed by atoms with Gasteiger partial charge in [0.2, 0.25) is 0 Å². The zero-order chi connectivity index (χ0) is 20.6. The summed E-state index contributed by atoms with van der Waals surface area (Å²) in [7, 11) is 0. The van der Waals surface area contributed by atoms with E-state index in [9.17, 15) is 14.9 Å². The molecule has 0 aromatic heterocycles. The summed E-state index contributed by atoms with van der Waals surface area (Å²) in [6.45, 7) is 0.315. The molecule has 0 saturated heterocycles. The molecule has 8 heteroatoms. The molecule has 3 rings (SSSR count). The van der Waals surface area contributed by atoms with Gasteiger partial charge in [0.25, 0.3) is 11.6 Å². The van der Waals surface area contributed by atoms with Crippen LogP contribution in [0.5, 0.6) is 5.75 Å². The molecular weight excluding hydrogens is 438 g/mol. The molecule has 0 heterocycles. The molecule has 0 radical (unpaired) electrons. The number of halogens is 1. The first-order valence-electron chi connectivity index (χ1n) is 8.57. The van der Waals surface area contributed by atoms with E-state index >= 15 is 0 Å². The number of carbonyl (C=O) groups excluding carboxylic acids is 1. The number of nitro groups is 1. The summed E-state index contributed by atoms with van der Waals surface area (Å²) in [6, 6.07) is 20.4. The summed E-state index contributed by atoms with van der Waals surface area (Å²) in [5, 5.41) is 14.6. The third-order valence-electron chi connectivity index (χ3n) is 3.90. The molecule has 0 aliphatic rings. The van der Waals surface area contributed by atoms with Crippen LogP contribution in [0.25, 0.3) is 0 Å². The van der Waals surface area contributed by atoms with Crippen molar-refractivity contribution in [1.82, 2.24) is 5.43 Å². The zero-order valence-corrected chi connectivity index (χ0v) is 16.7. The Morgan fingerprint density at radius 3 is 2.59 bits per heavy atom. The minimum absolute atomic E-state index is 0.0114. The van der Waals surface area contributed by atoms with E-state index in [2.05, 4.69) is 26.5 Å². The predicted octanol–water partition coefficient (Wildman–Crippen LogP) is 4.70. The van der Waals surface area contributed by atoms with E-state index < -0.39 is 10.8 Å². The lowest BCUT2D eigenvalue weighted by Crippen LogP contribution is -2.18. The van der Waals surface area contributed by atoms with Crippen LogP contribution in [0.2, 0.25) is 0 Å². The first kappa shape index (κ1) is 20.2. The number of rotatable bonds is 7. The van der Waals surface area contributed by atoms with Crippen LogP contribution in [0.3, 0.4) is 0 Å². The summed E-state index contributed by atoms with van der Waals surface area (Å²) < 4.78 is 6.75. The van der Waals surface area contributed by atoms with Crippen LogP contribution in [0.4, 0.5) is 5.69 Å². The molecule has 3 aromatic rings. The largest absolute Gasteiger partial charge is 0.488 e.